The van der Waals surface area contributed by atoms with E-state index in [1.165, 1.54) is 37.6 Å². The molecule has 208 valence electrons. The number of nitrogens with one attached hydrogen (secondary N) is 1. The van der Waals surface area contributed by atoms with E-state index in [2.05, 4.69) is 10.5 Å². The fourth-order valence-electron chi connectivity index (χ4n) is 4.23. The molecule has 1 heterocycles. The van der Waals surface area contributed by atoms with Crippen LogP contribution in [0.5, 0.6) is 5.75 Å². The lowest BCUT2D eigenvalue weighted by Gasteiger charge is -2.24. The minimum Gasteiger partial charge on any atom is -0.495 e. The zero-order valence-electron chi connectivity index (χ0n) is 22.4. The molecule has 0 spiro atoms. The number of nitrogens with zero attached hydrogens (tertiary/aromatic N) is 3. The van der Waals surface area contributed by atoms with Gasteiger partial charge in [-0.3, -0.25) is 9.10 Å². The van der Waals surface area contributed by atoms with Crippen LogP contribution in [0.2, 0.25) is 10.0 Å². The van der Waals surface area contributed by atoms with Gasteiger partial charge in [0.2, 0.25) is 0 Å². The molecule has 0 atom stereocenters. The van der Waals surface area contributed by atoms with Gasteiger partial charge in [-0.1, -0.05) is 47.0 Å². The second-order valence-corrected chi connectivity index (χ2v) is 11.8. The molecule has 4 aromatic rings. The van der Waals surface area contributed by atoms with Gasteiger partial charge in [-0.05, 0) is 75.4 Å². The monoisotopic (exact) mass is 598 g/mol. The summed E-state index contributed by atoms with van der Waals surface area (Å²) in [5.74, 6) is -0.259. The van der Waals surface area contributed by atoms with Crippen molar-refractivity contribution in [1.29, 1.82) is 0 Å². The highest BCUT2D eigenvalue weighted by Crippen LogP contribution is 2.32. The molecule has 4 rings (SSSR count). The van der Waals surface area contributed by atoms with Gasteiger partial charge in [0.15, 0.2) is 0 Å². The smallest absolute Gasteiger partial charge is 0.264 e. The van der Waals surface area contributed by atoms with Crippen molar-refractivity contribution in [1.82, 2.24) is 9.99 Å². The Bertz CT molecular complexity index is 1680. The lowest BCUT2D eigenvalue weighted by Crippen LogP contribution is -2.39. The summed E-state index contributed by atoms with van der Waals surface area (Å²) in [6.45, 7) is 5.21. The molecule has 8 nitrogen and oxygen atoms in total. The summed E-state index contributed by atoms with van der Waals surface area (Å²) in [6, 6.07) is 20.3. The first-order valence-corrected chi connectivity index (χ1v) is 14.4. The number of halogens is 2. The molecule has 11 heteroatoms. The van der Waals surface area contributed by atoms with Gasteiger partial charge in [-0.25, -0.2) is 13.8 Å². The number of anilines is 1. The largest absolute Gasteiger partial charge is 0.495 e. The molecule has 0 fully saturated rings. The Morgan fingerprint density at radius 2 is 1.75 bits per heavy atom. The SMILES string of the molecule is COc1ccc(N(CC(=O)N/N=C\c2cc(C)n(-c3cccc(Cl)c3)c2C)S(=O)(=O)c2ccc(C)cc2)cc1Cl. The maximum absolute atomic E-state index is 13.6. The van der Waals surface area contributed by atoms with E-state index < -0.39 is 22.5 Å². The molecule has 0 unspecified atom stereocenters. The first-order chi connectivity index (χ1) is 19.0. The van der Waals surface area contributed by atoms with Crippen molar-refractivity contribution in [2.24, 2.45) is 5.10 Å². The second-order valence-electron chi connectivity index (χ2n) is 9.08. The van der Waals surface area contributed by atoms with Crippen LogP contribution in [0.15, 0.2) is 82.8 Å². The molecule has 1 amide bonds. The van der Waals surface area contributed by atoms with Crippen molar-refractivity contribution in [3.63, 3.8) is 0 Å². The highest BCUT2D eigenvalue weighted by atomic mass is 35.5. The van der Waals surface area contributed by atoms with E-state index >= 15 is 0 Å². The number of benzene rings is 3. The summed E-state index contributed by atoms with van der Waals surface area (Å²) in [6.07, 6.45) is 1.52. The van der Waals surface area contributed by atoms with Crippen LogP contribution in [-0.4, -0.2) is 38.8 Å². The maximum atomic E-state index is 13.6. The molecular formula is C29H28Cl2N4O4S. The zero-order chi connectivity index (χ0) is 29.0. The number of amides is 1. The molecule has 1 aromatic heterocycles. The van der Waals surface area contributed by atoms with Gasteiger partial charge >= 0.3 is 0 Å². The third-order valence-electron chi connectivity index (χ3n) is 6.25. The molecule has 0 aliphatic rings. The first kappa shape index (κ1) is 29.2. The fraction of sp³-hybridized carbons (Fsp3) is 0.172. The predicted octanol–water partition coefficient (Wildman–Crippen LogP) is 6.06. The topological polar surface area (TPSA) is 93.0 Å². The Hall–Kier alpha value is -3.79. The average Bonchev–Trinajstić information content (AvgIpc) is 3.19. The van der Waals surface area contributed by atoms with Crippen LogP contribution in [0, 0.1) is 20.8 Å². The van der Waals surface area contributed by atoms with Gasteiger partial charge in [0.25, 0.3) is 15.9 Å². The number of carbonyl (C=O) groups excluding carboxylic acids is 1. The van der Waals surface area contributed by atoms with Crippen molar-refractivity contribution in [3.05, 3.63) is 105 Å². The number of hydrogen-bond donors (Lipinski definition) is 1. The molecular weight excluding hydrogens is 571 g/mol. The standard InChI is InChI=1S/C29H28Cl2N4O4S/c1-19-8-11-26(12-9-19)40(37,38)34(24-10-13-28(39-4)27(31)16-24)18-29(36)33-32-17-22-14-20(2)35(21(22)3)25-7-5-6-23(30)15-25/h5-17H,18H2,1-4H3,(H,33,36)/b32-17-. The number of methoxy groups -OCH3 is 1. The summed E-state index contributed by atoms with van der Waals surface area (Å²) in [5.41, 5.74) is 7.09. The highest BCUT2D eigenvalue weighted by Gasteiger charge is 2.28. The number of hydrazone groups is 1. The van der Waals surface area contributed by atoms with Crippen LogP contribution in [0.4, 0.5) is 5.69 Å². The normalized spacial score (nSPS) is 11.6. The van der Waals surface area contributed by atoms with E-state index in [0.717, 1.165) is 32.5 Å². The molecule has 0 bridgehead atoms. The van der Waals surface area contributed by atoms with Gasteiger partial charge in [0.05, 0.1) is 28.9 Å². The molecule has 3 aromatic carbocycles. The number of rotatable bonds is 9. The Morgan fingerprint density at radius 1 is 1.02 bits per heavy atom. The third kappa shape index (κ3) is 6.33. The van der Waals surface area contributed by atoms with Crippen LogP contribution < -0.4 is 14.5 Å². The summed E-state index contributed by atoms with van der Waals surface area (Å²) < 4.78 is 35.4. The highest BCUT2D eigenvalue weighted by molar-refractivity contribution is 7.92. The van der Waals surface area contributed by atoms with Crippen LogP contribution in [0.3, 0.4) is 0 Å². The van der Waals surface area contributed by atoms with E-state index in [0.29, 0.717) is 10.8 Å². The van der Waals surface area contributed by atoms with Gasteiger partial charge in [0, 0.05) is 27.7 Å². The van der Waals surface area contributed by atoms with Crippen molar-refractivity contribution in [3.8, 4) is 11.4 Å². The van der Waals surface area contributed by atoms with E-state index in [1.807, 2.05) is 49.6 Å². The second kappa shape index (κ2) is 12.2. The zero-order valence-corrected chi connectivity index (χ0v) is 24.7. The Balaban J connectivity index is 1.58. The van der Waals surface area contributed by atoms with Crippen LogP contribution in [0.25, 0.3) is 5.69 Å². The molecule has 1 N–H and O–H groups in total. The minimum atomic E-state index is -4.12. The van der Waals surface area contributed by atoms with Gasteiger partial charge in [-0.15, -0.1) is 0 Å². The molecule has 40 heavy (non-hydrogen) atoms. The number of ether oxygens (including phenoxy) is 1. The first-order valence-electron chi connectivity index (χ1n) is 12.2. The number of hydrogen-bond acceptors (Lipinski definition) is 5. The van der Waals surface area contributed by atoms with Crippen LogP contribution in [-0.2, 0) is 14.8 Å². The van der Waals surface area contributed by atoms with Crippen molar-refractivity contribution in [2.75, 3.05) is 18.0 Å². The van der Waals surface area contributed by atoms with Crippen molar-refractivity contribution < 1.29 is 17.9 Å². The number of aromatic nitrogens is 1. The summed E-state index contributed by atoms with van der Waals surface area (Å²) in [7, 11) is -2.66. The van der Waals surface area contributed by atoms with Crippen LogP contribution >= 0.6 is 23.2 Å². The number of carbonyl (C=O) groups is 1. The summed E-state index contributed by atoms with van der Waals surface area (Å²) in [5, 5.41) is 4.92. The van der Waals surface area contributed by atoms with Gasteiger partial charge in [-0.2, -0.15) is 5.10 Å². The molecule has 0 aliphatic carbocycles. The number of aryl methyl sites for hydroxylation is 2. The van der Waals surface area contributed by atoms with Crippen LogP contribution in [0.1, 0.15) is 22.5 Å². The van der Waals surface area contributed by atoms with Crippen molar-refractivity contribution >= 4 is 51.0 Å². The van der Waals surface area contributed by atoms with E-state index in [1.54, 1.807) is 24.3 Å². The van der Waals surface area contributed by atoms with E-state index in [4.69, 9.17) is 27.9 Å². The van der Waals surface area contributed by atoms with Crippen molar-refractivity contribution in [2.45, 2.75) is 25.7 Å². The summed E-state index contributed by atoms with van der Waals surface area (Å²) in [4.78, 5) is 13.0. The Kier molecular flexibility index (Phi) is 8.88. The lowest BCUT2D eigenvalue weighted by atomic mass is 10.2. The van der Waals surface area contributed by atoms with E-state index in [-0.39, 0.29) is 15.6 Å². The Morgan fingerprint density at radius 3 is 2.40 bits per heavy atom. The third-order valence-corrected chi connectivity index (χ3v) is 8.57. The number of sulfonamides is 1. The molecule has 0 aliphatic heterocycles. The van der Waals surface area contributed by atoms with Gasteiger partial charge < -0.3 is 9.30 Å². The quantitative estimate of drug-likeness (QED) is 0.187. The van der Waals surface area contributed by atoms with E-state index in [9.17, 15) is 13.2 Å². The lowest BCUT2D eigenvalue weighted by molar-refractivity contribution is -0.119. The average molecular weight is 600 g/mol. The van der Waals surface area contributed by atoms with Gasteiger partial charge in [0.1, 0.15) is 12.3 Å². The molecule has 0 saturated heterocycles. The maximum Gasteiger partial charge on any atom is 0.264 e. The molecule has 0 saturated carbocycles. The molecule has 0 radical (unpaired) electrons. The summed E-state index contributed by atoms with van der Waals surface area (Å²) >= 11 is 12.4. The minimum absolute atomic E-state index is 0.0368. The Labute approximate surface area is 243 Å². The predicted molar refractivity (Wildman–Crippen MR) is 160 cm³/mol. The fourth-order valence-corrected chi connectivity index (χ4v) is 6.08.